The van der Waals surface area contributed by atoms with Crippen molar-refractivity contribution in [2.45, 2.75) is 12.8 Å². The van der Waals surface area contributed by atoms with Crippen LogP contribution in [0.5, 0.6) is 5.75 Å². The van der Waals surface area contributed by atoms with Gasteiger partial charge in [-0.3, -0.25) is 4.79 Å². The molecule has 0 spiro atoms. The number of carbonyl (C=O) groups is 1. The van der Waals surface area contributed by atoms with Gasteiger partial charge in [-0.05, 0) is 46.5 Å². The van der Waals surface area contributed by atoms with Crippen LogP contribution in [0.4, 0.5) is 0 Å². The van der Waals surface area contributed by atoms with Crippen LogP contribution in [-0.4, -0.2) is 17.7 Å². The van der Waals surface area contributed by atoms with E-state index in [4.69, 9.17) is 4.74 Å². The van der Waals surface area contributed by atoms with Crippen LogP contribution < -0.4 is 4.74 Å². The molecule has 0 fully saturated rings. The van der Waals surface area contributed by atoms with Crippen LogP contribution >= 0.6 is 27.3 Å². The maximum atomic E-state index is 11.5. The van der Waals surface area contributed by atoms with Crippen LogP contribution in [0.3, 0.4) is 0 Å². The minimum atomic E-state index is 0.139. The van der Waals surface area contributed by atoms with Crippen molar-refractivity contribution in [2.75, 3.05) is 11.9 Å². The van der Waals surface area contributed by atoms with Crippen LogP contribution in [0.2, 0.25) is 0 Å². The summed E-state index contributed by atoms with van der Waals surface area (Å²) in [5.41, 5.74) is 2.30. The van der Waals surface area contributed by atoms with Crippen LogP contribution in [0.1, 0.15) is 12.8 Å². The van der Waals surface area contributed by atoms with Gasteiger partial charge in [-0.25, -0.2) is 0 Å². The molecule has 0 unspecified atom stereocenters. The first-order chi connectivity index (χ1) is 9.29. The van der Waals surface area contributed by atoms with Gasteiger partial charge in [-0.1, -0.05) is 28.1 Å². The molecule has 0 bridgehead atoms. The predicted octanol–water partition coefficient (Wildman–Crippen LogP) is 4.54. The molecule has 1 heterocycles. The van der Waals surface area contributed by atoms with Crippen molar-refractivity contribution in [3.8, 4) is 16.9 Å². The summed E-state index contributed by atoms with van der Waals surface area (Å²) in [4.78, 5) is 11.5. The van der Waals surface area contributed by atoms with Gasteiger partial charge in [0, 0.05) is 11.8 Å². The number of alkyl halides is 1. The number of thiophene rings is 1. The molecule has 1 aromatic carbocycles. The van der Waals surface area contributed by atoms with Crippen molar-refractivity contribution in [3.63, 3.8) is 0 Å². The smallest absolute Gasteiger partial charge is 0.170 e. The Morgan fingerprint density at radius 2 is 2.16 bits per heavy atom. The SMILES string of the molecule is O=C(CCCBr)COc1cccc(-c2ccsc2)c1. The molecule has 0 aliphatic carbocycles. The van der Waals surface area contributed by atoms with Gasteiger partial charge >= 0.3 is 0 Å². The van der Waals surface area contributed by atoms with E-state index in [1.165, 1.54) is 5.56 Å². The first-order valence-electron chi connectivity index (χ1n) is 6.12. The quantitative estimate of drug-likeness (QED) is 0.693. The van der Waals surface area contributed by atoms with Gasteiger partial charge in [0.25, 0.3) is 0 Å². The number of ether oxygens (including phenoxy) is 1. The third-order valence-electron chi connectivity index (χ3n) is 2.68. The summed E-state index contributed by atoms with van der Waals surface area (Å²) in [6.45, 7) is 0.153. The highest BCUT2D eigenvalue weighted by molar-refractivity contribution is 9.09. The van der Waals surface area contributed by atoms with Crippen molar-refractivity contribution in [2.24, 2.45) is 0 Å². The fraction of sp³-hybridized carbons (Fsp3) is 0.267. The largest absolute Gasteiger partial charge is 0.486 e. The number of ketones is 1. The van der Waals surface area contributed by atoms with Crippen molar-refractivity contribution >= 4 is 33.0 Å². The van der Waals surface area contributed by atoms with Crippen molar-refractivity contribution in [1.82, 2.24) is 0 Å². The summed E-state index contributed by atoms with van der Waals surface area (Å²) in [6.07, 6.45) is 1.42. The molecule has 1 aromatic heterocycles. The summed E-state index contributed by atoms with van der Waals surface area (Å²) >= 11 is 4.98. The minimum Gasteiger partial charge on any atom is -0.486 e. The molecular weight excluding hydrogens is 324 g/mol. The molecule has 0 saturated carbocycles. The highest BCUT2D eigenvalue weighted by Gasteiger charge is 2.04. The van der Waals surface area contributed by atoms with E-state index < -0.39 is 0 Å². The minimum absolute atomic E-state index is 0.139. The predicted molar refractivity (Wildman–Crippen MR) is 83.3 cm³/mol. The van der Waals surface area contributed by atoms with E-state index in [1.807, 2.05) is 29.6 Å². The summed E-state index contributed by atoms with van der Waals surface area (Å²) in [5, 5.41) is 5.00. The average molecular weight is 339 g/mol. The van der Waals surface area contributed by atoms with E-state index in [0.29, 0.717) is 6.42 Å². The number of rotatable bonds is 7. The highest BCUT2D eigenvalue weighted by atomic mass is 79.9. The number of hydrogen-bond donors (Lipinski definition) is 0. The molecule has 19 heavy (non-hydrogen) atoms. The van der Waals surface area contributed by atoms with Crippen molar-refractivity contribution in [3.05, 3.63) is 41.1 Å². The Balaban J connectivity index is 1.94. The third kappa shape index (κ3) is 4.48. The second-order valence-corrected chi connectivity index (χ2v) is 5.73. The Morgan fingerprint density at radius 3 is 2.89 bits per heavy atom. The normalized spacial score (nSPS) is 10.4. The topological polar surface area (TPSA) is 26.3 Å². The molecule has 0 radical (unpaired) electrons. The number of halogens is 1. The van der Waals surface area contributed by atoms with Gasteiger partial charge in [0.2, 0.25) is 0 Å². The van der Waals surface area contributed by atoms with Crippen molar-refractivity contribution < 1.29 is 9.53 Å². The van der Waals surface area contributed by atoms with Crippen LogP contribution in [0.25, 0.3) is 11.1 Å². The lowest BCUT2D eigenvalue weighted by Gasteiger charge is -2.06. The Bertz CT molecular complexity index is 523. The first-order valence-corrected chi connectivity index (χ1v) is 8.19. The van der Waals surface area contributed by atoms with Gasteiger partial charge in [-0.2, -0.15) is 11.3 Å². The summed E-state index contributed by atoms with van der Waals surface area (Å²) in [6, 6.07) is 9.92. The van der Waals surface area contributed by atoms with Gasteiger partial charge in [0.05, 0.1) is 0 Å². The fourth-order valence-electron chi connectivity index (χ4n) is 1.69. The maximum Gasteiger partial charge on any atom is 0.170 e. The Labute approximate surface area is 125 Å². The van der Waals surface area contributed by atoms with Crippen LogP contribution in [-0.2, 0) is 4.79 Å². The van der Waals surface area contributed by atoms with E-state index in [9.17, 15) is 4.79 Å². The number of hydrogen-bond acceptors (Lipinski definition) is 3. The number of Topliss-reactive ketones (excluding diaryl/α,β-unsaturated/α-hetero) is 1. The van der Waals surface area contributed by atoms with E-state index >= 15 is 0 Å². The first kappa shape index (κ1) is 14.3. The van der Waals surface area contributed by atoms with Crippen LogP contribution in [0.15, 0.2) is 41.1 Å². The lowest BCUT2D eigenvalue weighted by atomic mass is 10.1. The van der Waals surface area contributed by atoms with Crippen LogP contribution in [0, 0.1) is 0 Å². The van der Waals surface area contributed by atoms with Gasteiger partial charge in [0.15, 0.2) is 5.78 Å². The molecule has 100 valence electrons. The second kappa shape index (κ2) is 7.46. The molecule has 2 aromatic rings. The van der Waals surface area contributed by atoms with E-state index in [-0.39, 0.29) is 12.4 Å². The summed E-state index contributed by atoms with van der Waals surface area (Å²) in [7, 11) is 0. The third-order valence-corrected chi connectivity index (χ3v) is 3.92. The summed E-state index contributed by atoms with van der Waals surface area (Å²) in [5.74, 6) is 0.885. The molecule has 4 heteroatoms. The zero-order valence-corrected chi connectivity index (χ0v) is 12.9. The zero-order chi connectivity index (χ0) is 13.5. The summed E-state index contributed by atoms with van der Waals surface area (Å²) < 4.78 is 5.54. The number of carbonyl (C=O) groups excluding carboxylic acids is 1. The molecule has 0 amide bonds. The van der Waals surface area contributed by atoms with Gasteiger partial charge < -0.3 is 4.74 Å². The molecule has 0 aliphatic heterocycles. The molecular formula is C15H15BrO2S. The fourth-order valence-corrected chi connectivity index (χ4v) is 2.64. The Morgan fingerprint density at radius 1 is 1.26 bits per heavy atom. The maximum absolute atomic E-state index is 11.5. The van der Waals surface area contributed by atoms with E-state index in [1.54, 1.807) is 11.3 Å². The Kier molecular flexibility index (Phi) is 5.61. The highest BCUT2D eigenvalue weighted by Crippen LogP contribution is 2.25. The molecule has 0 atom stereocenters. The molecule has 0 N–H and O–H groups in total. The van der Waals surface area contributed by atoms with Crippen molar-refractivity contribution in [1.29, 1.82) is 0 Å². The molecule has 0 saturated heterocycles. The van der Waals surface area contributed by atoms with Gasteiger partial charge in [-0.15, -0.1) is 0 Å². The zero-order valence-electron chi connectivity index (χ0n) is 10.5. The Hall–Kier alpha value is -1.13. The lowest BCUT2D eigenvalue weighted by Crippen LogP contribution is -2.11. The number of benzene rings is 1. The van der Waals surface area contributed by atoms with E-state index in [2.05, 4.69) is 27.4 Å². The average Bonchev–Trinajstić information content (AvgIpc) is 2.97. The molecule has 0 aliphatic rings. The monoisotopic (exact) mass is 338 g/mol. The van der Waals surface area contributed by atoms with E-state index in [0.717, 1.165) is 23.1 Å². The lowest BCUT2D eigenvalue weighted by molar-refractivity contribution is -0.121. The molecule has 2 rings (SSSR count). The second-order valence-electron chi connectivity index (χ2n) is 4.16. The van der Waals surface area contributed by atoms with Gasteiger partial charge in [0.1, 0.15) is 12.4 Å². The molecule has 2 nitrogen and oxygen atoms in total. The standard InChI is InChI=1S/C15H15BrO2S/c16-7-2-4-14(17)10-18-15-5-1-3-12(9-15)13-6-8-19-11-13/h1,3,5-6,8-9,11H,2,4,7,10H2.